The maximum atomic E-state index is 14.3. The minimum Gasteiger partial charge on any atom is -0.374 e. The molecule has 9 heterocycles. The molecule has 64 heavy (non-hydrogen) atoms. The van der Waals surface area contributed by atoms with Gasteiger partial charge < -0.3 is 24.8 Å². The monoisotopic (exact) mass is 877 g/mol. The number of aromatic nitrogens is 6. The normalized spacial score (nSPS) is 25.0. The summed E-state index contributed by atoms with van der Waals surface area (Å²) in [5.41, 5.74) is 2.03. The highest BCUT2D eigenvalue weighted by Gasteiger charge is 2.40. The molecule has 2 atom stereocenters. The summed E-state index contributed by atoms with van der Waals surface area (Å²) in [4.78, 5) is 58.5. The van der Waals surface area contributed by atoms with Crippen LogP contribution < -0.4 is 25.3 Å². The number of morpholine rings is 1. The van der Waals surface area contributed by atoms with E-state index >= 15 is 0 Å². The van der Waals surface area contributed by atoms with Gasteiger partial charge in [0.1, 0.15) is 11.4 Å². The number of likely N-dealkylation sites (tertiary alicyclic amines) is 1. The van der Waals surface area contributed by atoms with Crippen LogP contribution in [0.15, 0.2) is 55.2 Å². The van der Waals surface area contributed by atoms with Gasteiger partial charge in [-0.1, -0.05) is 6.07 Å². The van der Waals surface area contributed by atoms with Gasteiger partial charge in [-0.15, -0.1) is 0 Å². The van der Waals surface area contributed by atoms with E-state index in [0.717, 1.165) is 120 Å². The van der Waals surface area contributed by atoms with Crippen LogP contribution in [0, 0.1) is 5.92 Å². The van der Waals surface area contributed by atoms with Crippen LogP contribution in [0.2, 0.25) is 0 Å². The molecule has 11 rings (SSSR count). The van der Waals surface area contributed by atoms with Crippen molar-refractivity contribution in [3.63, 3.8) is 0 Å². The maximum Gasteiger partial charge on any atom is 0.328 e. The van der Waals surface area contributed by atoms with E-state index < -0.39 is 24.1 Å². The Morgan fingerprint density at radius 1 is 0.922 bits per heavy atom. The number of piperidine rings is 1. The Morgan fingerprint density at radius 2 is 1.75 bits per heavy atom. The number of amides is 4. The van der Waals surface area contributed by atoms with Crippen molar-refractivity contribution in [1.29, 1.82) is 0 Å². The van der Waals surface area contributed by atoms with E-state index in [-0.39, 0.29) is 41.8 Å². The Morgan fingerprint density at radius 3 is 2.50 bits per heavy atom. The zero-order valence-electron chi connectivity index (χ0n) is 35.7. The Bertz CT molecular complexity index is 2560. The second-order valence-corrected chi connectivity index (χ2v) is 18.3. The third kappa shape index (κ3) is 7.91. The van der Waals surface area contributed by atoms with Crippen LogP contribution in [-0.2, 0) is 9.53 Å². The van der Waals surface area contributed by atoms with Crippen molar-refractivity contribution >= 4 is 57.1 Å². The van der Waals surface area contributed by atoms with Crippen LogP contribution in [0.1, 0.15) is 79.9 Å². The van der Waals surface area contributed by atoms with Gasteiger partial charge in [0, 0.05) is 93.3 Å². The number of halogens is 2. The molecular formula is C45H53F2N13O4. The number of hydrogen-bond donors (Lipinski definition) is 2. The number of imide groups is 1. The van der Waals surface area contributed by atoms with E-state index in [1.54, 1.807) is 28.2 Å². The third-order valence-electron chi connectivity index (χ3n) is 14.5. The Balaban J connectivity index is 0.647. The number of fused-ring (bicyclic) bond motifs is 4. The average Bonchev–Trinajstić information content (AvgIpc) is 4.14. The summed E-state index contributed by atoms with van der Waals surface area (Å²) in [5, 5.41) is 15.7. The van der Waals surface area contributed by atoms with Crippen molar-refractivity contribution < 1.29 is 27.9 Å². The van der Waals surface area contributed by atoms with Crippen molar-refractivity contribution in [3.8, 4) is 0 Å². The smallest absolute Gasteiger partial charge is 0.328 e. The fraction of sp³-hybridized carbons (Fsp3) is 0.533. The number of benzene rings is 1. The molecule has 5 aliphatic heterocycles. The predicted molar refractivity (Wildman–Crippen MR) is 235 cm³/mol. The topological polar surface area (TPSA) is 162 Å². The lowest BCUT2D eigenvalue weighted by atomic mass is 9.85. The maximum absolute atomic E-state index is 14.3. The standard InChI is InChI=1S/C45H53F2N13O4/c46-42(47)41-37(50-44(62)36-22-49-59-14-9-39(51-43(36)59)58-25-34-20-33(58)27-64-34)26-60(53-41)31-3-1-28(2-4-31)24-54-11-7-30(8-12-54)55-15-17-56(18-16-55)32-5-6-35-29(19-32)21-48-23-38(35)57-13-10-40(61)52-45(57)63/h5-6,9,14,19,21-23,26,28,30-31,33-34,42H,1-4,7-8,10-13,15-18,20,24-25,27H2,(H,50,62)(H,52,61,63)/t28?,31?,33-,34-/m1/s1. The van der Waals surface area contributed by atoms with Crippen LogP contribution in [0.4, 0.5) is 36.5 Å². The summed E-state index contributed by atoms with van der Waals surface area (Å²) in [5.74, 6) is 0.485. The number of alkyl halides is 2. The minimum atomic E-state index is -2.84. The molecule has 0 unspecified atom stereocenters. The van der Waals surface area contributed by atoms with Gasteiger partial charge in [-0.05, 0) is 82.2 Å². The van der Waals surface area contributed by atoms with E-state index in [0.29, 0.717) is 36.4 Å². The van der Waals surface area contributed by atoms with Crippen LogP contribution >= 0.6 is 0 Å². The lowest BCUT2D eigenvalue weighted by Gasteiger charge is -2.44. The molecule has 6 fully saturated rings. The molecule has 2 bridgehead atoms. The molecule has 6 aliphatic rings. The summed E-state index contributed by atoms with van der Waals surface area (Å²) in [6, 6.07) is 8.62. The van der Waals surface area contributed by atoms with Crippen molar-refractivity contribution in [3.05, 3.63) is 66.5 Å². The van der Waals surface area contributed by atoms with Crippen molar-refractivity contribution in [2.24, 2.45) is 5.92 Å². The zero-order valence-corrected chi connectivity index (χ0v) is 35.7. The first-order valence-electron chi connectivity index (χ1n) is 22.8. The van der Waals surface area contributed by atoms with Gasteiger partial charge in [-0.3, -0.25) is 34.4 Å². The molecule has 5 aromatic rings. The number of carbonyl (C=O) groups is 3. The highest BCUT2D eigenvalue weighted by atomic mass is 19.3. The zero-order chi connectivity index (χ0) is 43.5. The number of piperazine rings is 1. The number of rotatable bonds is 10. The molecule has 4 aromatic heterocycles. The van der Waals surface area contributed by atoms with Gasteiger partial charge in [-0.2, -0.15) is 10.2 Å². The van der Waals surface area contributed by atoms with E-state index in [1.807, 2.05) is 12.3 Å². The third-order valence-corrected chi connectivity index (χ3v) is 14.5. The molecule has 17 nitrogen and oxygen atoms in total. The quantitative estimate of drug-likeness (QED) is 0.191. The molecule has 19 heteroatoms. The second-order valence-electron chi connectivity index (χ2n) is 18.3. The van der Waals surface area contributed by atoms with Crippen LogP contribution in [0.3, 0.4) is 0 Å². The summed E-state index contributed by atoms with van der Waals surface area (Å²) in [6.45, 7) is 8.84. The molecule has 2 N–H and O–H groups in total. The number of nitrogens with one attached hydrogen (secondary N) is 2. The molecule has 0 spiro atoms. The van der Waals surface area contributed by atoms with Crippen LogP contribution in [0.5, 0.6) is 0 Å². The Kier molecular flexibility index (Phi) is 10.9. The number of carbonyl (C=O) groups excluding carboxylic acids is 3. The van der Waals surface area contributed by atoms with Crippen molar-refractivity contribution in [1.82, 2.24) is 44.5 Å². The van der Waals surface area contributed by atoms with Gasteiger partial charge in [0.25, 0.3) is 12.3 Å². The van der Waals surface area contributed by atoms with E-state index in [4.69, 9.17) is 9.72 Å². The highest BCUT2D eigenvalue weighted by Crippen LogP contribution is 2.37. The fourth-order valence-corrected chi connectivity index (χ4v) is 11.0. The van der Waals surface area contributed by atoms with E-state index in [1.165, 1.54) is 10.7 Å². The van der Waals surface area contributed by atoms with Crippen LogP contribution in [-0.4, -0.2) is 141 Å². The van der Waals surface area contributed by atoms with Gasteiger partial charge >= 0.3 is 6.03 Å². The van der Waals surface area contributed by atoms with Gasteiger partial charge in [0.2, 0.25) is 5.91 Å². The largest absolute Gasteiger partial charge is 0.374 e. The fourth-order valence-electron chi connectivity index (χ4n) is 11.0. The van der Waals surface area contributed by atoms with Crippen LogP contribution in [0.25, 0.3) is 16.4 Å². The van der Waals surface area contributed by atoms with Crippen molar-refractivity contribution in [2.75, 3.05) is 85.5 Å². The van der Waals surface area contributed by atoms with Gasteiger partial charge in [0.05, 0.1) is 48.6 Å². The first-order valence-corrected chi connectivity index (χ1v) is 22.8. The molecule has 336 valence electrons. The lowest BCUT2D eigenvalue weighted by Crippen LogP contribution is -2.53. The molecule has 1 aromatic carbocycles. The molecule has 1 aliphatic carbocycles. The first-order chi connectivity index (χ1) is 31.2. The highest BCUT2D eigenvalue weighted by molar-refractivity contribution is 6.10. The predicted octanol–water partition coefficient (Wildman–Crippen LogP) is 5.11. The lowest BCUT2D eigenvalue weighted by molar-refractivity contribution is -0.120. The summed E-state index contributed by atoms with van der Waals surface area (Å²) in [7, 11) is 0. The number of nitrogens with zero attached hydrogens (tertiary/aromatic N) is 11. The van der Waals surface area contributed by atoms with Crippen molar-refractivity contribution in [2.45, 2.75) is 82.0 Å². The molecular weight excluding hydrogens is 825 g/mol. The Labute approximate surface area is 368 Å². The molecule has 4 amide bonds. The Hall–Kier alpha value is -5.79. The van der Waals surface area contributed by atoms with E-state index in [2.05, 4.69) is 63.6 Å². The average molecular weight is 878 g/mol. The first kappa shape index (κ1) is 40.9. The minimum absolute atomic E-state index is 0.00985. The number of urea groups is 1. The number of anilines is 4. The molecule has 5 saturated heterocycles. The SMILES string of the molecule is O=C1CCN(c2cncc3cc(N4CCN(C5CCN(CC6CCC(n7cc(NC(=O)c8cnn9ccc(N%10C[C@H]%11C[C@@H]%10CO%11)nc89)c(C(F)F)n7)CC6)CC5)CC4)ccc23)C(=O)N1. The molecule has 0 radical (unpaired) electrons. The van der Waals surface area contributed by atoms with E-state index in [9.17, 15) is 23.2 Å². The molecule has 1 saturated carbocycles. The number of ether oxygens (including phenoxy) is 1. The van der Waals surface area contributed by atoms with Gasteiger partial charge in [-0.25, -0.2) is 23.1 Å². The summed E-state index contributed by atoms with van der Waals surface area (Å²) >= 11 is 0. The number of pyridine rings is 1. The summed E-state index contributed by atoms with van der Waals surface area (Å²) < 4.78 is 37.6. The number of hydrogen-bond acceptors (Lipinski definition) is 12. The van der Waals surface area contributed by atoms with Gasteiger partial charge in [0.15, 0.2) is 11.3 Å². The summed E-state index contributed by atoms with van der Waals surface area (Å²) in [6.07, 6.45) is 12.8. The second kappa shape index (κ2) is 17.0.